The second-order valence-electron chi connectivity index (χ2n) is 4.82. The van der Waals surface area contributed by atoms with Crippen LogP contribution in [-0.4, -0.2) is 11.5 Å². The first-order valence-electron chi connectivity index (χ1n) is 6.94. The molecule has 0 aliphatic carbocycles. The van der Waals surface area contributed by atoms with Crippen molar-refractivity contribution in [1.82, 2.24) is 10.3 Å². The first kappa shape index (κ1) is 14.2. The van der Waals surface area contributed by atoms with E-state index in [4.69, 9.17) is 4.98 Å². The van der Waals surface area contributed by atoms with Gasteiger partial charge in [-0.1, -0.05) is 37.3 Å². The Kier molecular flexibility index (Phi) is 5.11. The Bertz CT molecular complexity index is 505. The number of benzene rings is 1. The van der Waals surface area contributed by atoms with Crippen LogP contribution in [-0.2, 0) is 12.8 Å². The van der Waals surface area contributed by atoms with Gasteiger partial charge in [0, 0.05) is 17.3 Å². The van der Waals surface area contributed by atoms with Crippen molar-refractivity contribution >= 4 is 11.3 Å². The van der Waals surface area contributed by atoms with Gasteiger partial charge in [-0.3, -0.25) is 0 Å². The maximum absolute atomic E-state index is 4.71. The highest BCUT2D eigenvalue weighted by Crippen LogP contribution is 2.25. The van der Waals surface area contributed by atoms with Gasteiger partial charge in [0.25, 0.3) is 0 Å². The summed E-state index contributed by atoms with van der Waals surface area (Å²) in [5, 5.41) is 4.71. The van der Waals surface area contributed by atoms with E-state index in [1.54, 1.807) is 0 Å². The lowest BCUT2D eigenvalue weighted by atomic mass is 10.1. The Morgan fingerprint density at radius 2 is 1.95 bits per heavy atom. The zero-order chi connectivity index (χ0) is 13.7. The molecule has 2 aromatic rings. The number of nitrogens with one attached hydrogen (secondary N) is 1. The summed E-state index contributed by atoms with van der Waals surface area (Å²) < 4.78 is 0. The molecule has 0 aliphatic heterocycles. The van der Waals surface area contributed by atoms with E-state index < -0.39 is 0 Å². The molecule has 2 nitrogen and oxygen atoms in total. The van der Waals surface area contributed by atoms with E-state index >= 15 is 0 Å². The molecule has 0 aliphatic rings. The number of hydrogen-bond donors (Lipinski definition) is 1. The number of aryl methyl sites for hydroxylation is 3. The maximum atomic E-state index is 4.71. The predicted molar refractivity (Wildman–Crippen MR) is 82.8 cm³/mol. The SMILES string of the molecule is CCNC(C)c1sc(CCc2ccccc2)nc1C. The smallest absolute Gasteiger partial charge is 0.0934 e. The highest BCUT2D eigenvalue weighted by molar-refractivity contribution is 7.11. The predicted octanol–water partition coefficient (Wildman–Crippen LogP) is 3.91. The molecule has 0 bridgehead atoms. The van der Waals surface area contributed by atoms with Gasteiger partial charge in [0.15, 0.2) is 0 Å². The normalized spacial score (nSPS) is 12.6. The van der Waals surface area contributed by atoms with Crippen LogP contribution in [0.2, 0.25) is 0 Å². The van der Waals surface area contributed by atoms with Gasteiger partial charge in [0.1, 0.15) is 0 Å². The summed E-state index contributed by atoms with van der Waals surface area (Å²) in [6, 6.07) is 11.0. The zero-order valence-electron chi connectivity index (χ0n) is 11.9. The Morgan fingerprint density at radius 3 is 2.63 bits per heavy atom. The minimum atomic E-state index is 0.410. The topological polar surface area (TPSA) is 24.9 Å². The van der Waals surface area contributed by atoms with E-state index in [2.05, 4.69) is 56.4 Å². The van der Waals surface area contributed by atoms with Gasteiger partial charge in [-0.25, -0.2) is 4.98 Å². The molecular formula is C16H22N2S. The summed E-state index contributed by atoms with van der Waals surface area (Å²) >= 11 is 1.85. The molecule has 0 saturated heterocycles. The van der Waals surface area contributed by atoms with Crippen LogP contribution in [0.4, 0.5) is 0 Å². The summed E-state index contributed by atoms with van der Waals surface area (Å²) in [5.74, 6) is 0. The Balaban J connectivity index is 2.00. The van der Waals surface area contributed by atoms with Crippen molar-refractivity contribution in [2.45, 2.75) is 39.7 Å². The van der Waals surface area contributed by atoms with Crippen molar-refractivity contribution in [2.75, 3.05) is 6.54 Å². The van der Waals surface area contributed by atoms with Crippen LogP contribution in [0, 0.1) is 6.92 Å². The van der Waals surface area contributed by atoms with Crippen molar-refractivity contribution in [3.8, 4) is 0 Å². The van der Waals surface area contributed by atoms with Crippen molar-refractivity contribution in [1.29, 1.82) is 0 Å². The summed E-state index contributed by atoms with van der Waals surface area (Å²) in [4.78, 5) is 6.09. The molecule has 1 aromatic heterocycles. The fourth-order valence-electron chi connectivity index (χ4n) is 2.27. The average Bonchev–Trinajstić information content (AvgIpc) is 2.79. The molecule has 102 valence electrons. The molecule has 1 atom stereocenters. The van der Waals surface area contributed by atoms with E-state index in [9.17, 15) is 0 Å². The minimum absolute atomic E-state index is 0.410. The molecule has 1 N–H and O–H groups in total. The third-order valence-corrected chi connectivity index (χ3v) is 4.65. The van der Waals surface area contributed by atoms with Crippen LogP contribution in [0.15, 0.2) is 30.3 Å². The van der Waals surface area contributed by atoms with Gasteiger partial charge in [-0.2, -0.15) is 0 Å². The van der Waals surface area contributed by atoms with Crippen molar-refractivity contribution in [2.24, 2.45) is 0 Å². The van der Waals surface area contributed by atoms with Gasteiger partial charge in [0.05, 0.1) is 10.7 Å². The lowest BCUT2D eigenvalue weighted by Crippen LogP contribution is -2.17. The molecule has 0 spiro atoms. The van der Waals surface area contributed by atoms with Crippen LogP contribution in [0.3, 0.4) is 0 Å². The summed E-state index contributed by atoms with van der Waals surface area (Å²) in [6.07, 6.45) is 2.11. The van der Waals surface area contributed by atoms with Crippen molar-refractivity contribution in [3.05, 3.63) is 51.5 Å². The lowest BCUT2D eigenvalue weighted by molar-refractivity contribution is 0.603. The molecule has 0 saturated carbocycles. The van der Waals surface area contributed by atoms with E-state index in [1.165, 1.54) is 21.1 Å². The van der Waals surface area contributed by atoms with Crippen LogP contribution in [0.25, 0.3) is 0 Å². The van der Waals surface area contributed by atoms with Crippen LogP contribution in [0.5, 0.6) is 0 Å². The number of thiazole rings is 1. The second-order valence-corrected chi connectivity index (χ2v) is 5.94. The molecule has 2 rings (SSSR count). The molecular weight excluding hydrogens is 252 g/mol. The number of nitrogens with zero attached hydrogens (tertiary/aromatic N) is 1. The van der Waals surface area contributed by atoms with E-state index in [0.29, 0.717) is 6.04 Å². The third-order valence-electron chi connectivity index (χ3n) is 3.25. The monoisotopic (exact) mass is 274 g/mol. The molecule has 1 aromatic carbocycles. The number of hydrogen-bond acceptors (Lipinski definition) is 3. The van der Waals surface area contributed by atoms with Gasteiger partial charge < -0.3 is 5.32 Å². The quantitative estimate of drug-likeness (QED) is 0.864. The lowest BCUT2D eigenvalue weighted by Gasteiger charge is -2.09. The van der Waals surface area contributed by atoms with Gasteiger partial charge >= 0.3 is 0 Å². The van der Waals surface area contributed by atoms with Crippen LogP contribution in [0.1, 0.15) is 41.0 Å². The standard InChI is InChI=1S/C16H22N2S/c1-4-17-12(2)16-13(3)18-15(19-16)11-10-14-8-6-5-7-9-14/h5-9,12,17H,4,10-11H2,1-3H3. The van der Waals surface area contributed by atoms with Crippen molar-refractivity contribution in [3.63, 3.8) is 0 Å². The summed E-state index contributed by atoms with van der Waals surface area (Å²) in [7, 11) is 0. The Morgan fingerprint density at radius 1 is 1.21 bits per heavy atom. The summed E-state index contributed by atoms with van der Waals surface area (Å²) in [5.41, 5.74) is 2.57. The first-order valence-corrected chi connectivity index (χ1v) is 7.76. The first-order chi connectivity index (χ1) is 9.20. The summed E-state index contributed by atoms with van der Waals surface area (Å²) in [6.45, 7) is 7.47. The van der Waals surface area contributed by atoms with Crippen LogP contribution < -0.4 is 5.32 Å². The molecule has 0 radical (unpaired) electrons. The highest BCUT2D eigenvalue weighted by atomic mass is 32.1. The van der Waals surface area contributed by atoms with Crippen molar-refractivity contribution < 1.29 is 0 Å². The fourth-order valence-corrected chi connectivity index (χ4v) is 3.36. The molecule has 3 heteroatoms. The van der Waals surface area contributed by atoms with Gasteiger partial charge in [0.2, 0.25) is 0 Å². The largest absolute Gasteiger partial charge is 0.310 e. The van der Waals surface area contributed by atoms with E-state index in [1.807, 2.05) is 11.3 Å². The van der Waals surface area contributed by atoms with E-state index in [0.717, 1.165) is 19.4 Å². The van der Waals surface area contributed by atoms with Crippen LogP contribution >= 0.6 is 11.3 Å². The number of rotatable bonds is 6. The fraction of sp³-hybridized carbons (Fsp3) is 0.438. The Hall–Kier alpha value is -1.19. The molecule has 1 heterocycles. The second kappa shape index (κ2) is 6.83. The number of aromatic nitrogens is 1. The highest BCUT2D eigenvalue weighted by Gasteiger charge is 2.13. The molecule has 1 unspecified atom stereocenters. The minimum Gasteiger partial charge on any atom is -0.310 e. The van der Waals surface area contributed by atoms with Gasteiger partial charge in [-0.05, 0) is 32.4 Å². The van der Waals surface area contributed by atoms with E-state index in [-0.39, 0.29) is 0 Å². The molecule has 0 fully saturated rings. The molecule has 19 heavy (non-hydrogen) atoms. The molecule has 0 amide bonds. The third kappa shape index (κ3) is 3.88. The average molecular weight is 274 g/mol. The maximum Gasteiger partial charge on any atom is 0.0934 e. The Labute approximate surface area is 119 Å². The zero-order valence-corrected chi connectivity index (χ0v) is 12.8. The van der Waals surface area contributed by atoms with Gasteiger partial charge in [-0.15, -0.1) is 11.3 Å².